The van der Waals surface area contributed by atoms with E-state index in [1.807, 2.05) is 74.2 Å². The number of benzene rings is 1. The van der Waals surface area contributed by atoms with Gasteiger partial charge in [0, 0.05) is 20.2 Å². The zero-order valence-electron chi connectivity index (χ0n) is 28.5. The topological polar surface area (TPSA) is 92.0 Å². The van der Waals surface area contributed by atoms with Crippen LogP contribution in [0.2, 0.25) is 0 Å². The Hall–Kier alpha value is -3.16. The van der Waals surface area contributed by atoms with Crippen LogP contribution in [-0.4, -0.2) is 48.0 Å². The van der Waals surface area contributed by atoms with Gasteiger partial charge in [0.25, 0.3) is 0 Å². The van der Waals surface area contributed by atoms with Gasteiger partial charge in [0.05, 0.1) is 13.1 Å². The number of aliphatic hydroxyl groups is 1. The quantitative estimate of drug-likeness (QED) is 0.108. The number of nitrogens with one attached hydrogen (secondary N) is 1. The summed E-state index contributed by atoms with van der Waals surface area (Å²) in [6.45, 7) is 21.6. The number of nitrogens with zero attached hydrogens (tertiary/aromatic N) is 1. The molecule has 0 aliphatic rings. The minimum Gasteiger partial charge on any atom is -0.480 e. The van der Waals surface area contributed by atoms with Crippen LogP contribution in [0.3, 0.4) is 0 Å². The molecule has 0 unspecified atom stereocenters. The van der Waals surface area contributed by atoms with Crippen molar-refractivity contribution < 1.29 is 23.8 Å². The van der Waals surface area contributed by atoms with Crippen LogP contribution in [0.15, 0.2) is 65.1 Å². The van der Waals surface area contributed by atoms with E-state index >= 15 is 0 Å². The van der Waals surface area contributed by atoms with Crippen molar-refractivity contribution in [1.82, 2.24) is 10.2 Å². The van der Waals surface area contributed by atoms with Crippen molar-refractivity contribution in [3.8, 4) is 5.75 Å². The molecule has 1 aromatic heterocycles. The summed E-state index contributed by atoms with van der Waals surface area (Å²) in [5.41, 5.74) is 1.58. The van der Waals surface area contributed by atoms with Gasteiger partial charge in [-0.25, -0.2) is 0 Å². The van der Waals surface area contributed by atoms with E-state index in [1.165, 1.54) is 31.3 Å². The maximum absolute atomic E-state index is 12.4. The van der Waals surface area contributed by atoms with Gasteiger partial charge in [-0.3, -0.25) is 14.5 Å². The highest BCUT2D eigenvalue weighted by atomic mass is 16.5. The summed E-state index contributed by atoms with van der Waals surface area (Å²) in [6.07, 6.45) is 12.1. The van der Waals surface area contributed by atoms with E-state index in [1.54, 1.807) is 13.8 Å². The van der Waals surface area contributed by atoms with E-state index in [-0.39, 0.29) is 12.5 Å². The van der Waals surface area contributed by atoms with Gasteiger partial charge in [-0.15, -0.1) is 0 Å². The molecule has 7 nitrogen and oxygen atoms in total. The number of amides is 1. The van der Waals surface area contributed by atoms with Gasteiger partial charge in [0.1, 0.15) is 17.3 Å². The SMILES string of the molecule is C=C(CC)CCCCC.CC.CC/C=C\CNC(=O)CN(Cc1ccc(OC(C)(C)C=O)cc1)Cc1ccc(C)o1.CO. The molecular formula is C36H60N2O5. The molecule has 1 aromatic carbocycles. The predicted molar refractivity (Wildman–Crippen MR) is 180 cm³/mol. The minimum absolute atomic E-state index is 0.0354. The number of allylic oxidation sites excluding steroid dienone is 2. The summed E-state index contributed by atoms with van der Waals surface area (Å²) >= 11 is 0. The summed E-state index contributed by atoms with van der Waals surface area (Å²) < 4.78 is 11.4. The standard InChI is InChI=1S/C24H32N2O4.C9H18.C2H6.CH4O/c1-5-6-7-14-25-23(28)17-26(16-22-11-8-19(2)29-22)15-20-9-12-21(13-10-20)30-24(3,4)18-27;1-4-6-7-8-9(3)5-2;2*1-2/h6-13,18H,5,14-17H2,1-4H3,(H,25,28);3-8H2,1-2H3;1-2H3;2H,1H3/b7-6-;;;. The van der Waals surface area contributed by atoms with Crippen LogP contribution in [0, 0.1) is 6.92 Å². The lowest BCUT2D eigenvalue weighted by atomic mass is 10.1. The van der Waals surface area contributed by atoms with E-state index in [4.69, 9.17) is 14.3 Å². The Morgan fingerprint density at radius 1 is 1.02 bits per heavy atom. The molecule has 7 heteroatoms. The fourth-order valence-electron chi connectivity index (χ4n) is 3.69. The van der Waals surface area contributed by atoms with Gasteiger partial charge in [-0.05, 0) is 76.3 Å². The molecule has 1 heterocycles. The van der Waals surface area contributed by atoms with Crippen LogP contribution in [0.1, 0.15) is 104 Å². The molecule has 0 bridgehead atoms. The molecule has 244 valence electrons. The molecular weight excluding hydrogens is 540 g/mol. The second-order valence-corrected chi connectivity index (χ2v) is 10.4. The third-order valence-electron chi connectivity index (χ3n) is 5.99. The predicted octanol–water partition coefficient (Wildman–Crippen LogP) is 8.20. The number of hydrogen-bond acceptors (Lipinski definition) is 6. The highest BCUT2D eigenvalue weighted by Crippen LogP contribution is 2.19. The molecule has 0 saturated carbocycles. The first-order valence-corrected chi connectivity index (χ1v) is 15.7. The third-order valence-corrected chi connectivity index (χ3v) is 5.99. The number of hydrogen-bond donors (Lipinski definition) is 2. The summed E-state index contributed by atoms with van der Waals surface area (Å²) in [6, 6.07) is 11.4. The highest BCUT2D eigenvalue weighted by Gasteiger charge is 2.18. The second-order valence-electron chi connectivity index (χ2n) is 10.4. The average molecular weight is 601 g/mol. The summed E-state index contributed by atoms with van der Waals surface area (Å²) in [5.74, 6) is 2.26. The van der Waals surface area contributed by atoms with Crippen LogP contribution in [0.25, 0.3) is 0 Å². The first kappa shape index (κ1) is 42.0. The minimum atomic E-state index is -0.866. The number of aldehydes is 1. The zero-order chi connectivity index (χ0) is 33.1. The normalized spacial score (nSPS) is 10.5. The smallest absolute Gasteiger partial charge is 0.234 e. The van der Waals surface area contributed by atoms with Crippen LogP contribution < -0.4 is 10.1 Å². The van der Waals surface area contributed by atoms with Crippen molar-refractivity contribution in [2.24, 2.45) is 0 Å². The molecule has 0 atom stereocenters. The number of ether oxygens (including phenoxy) is 1. The van der Waals surface area contributed by atoms with Crippen LogP contribution in [0.4, 0.5) is 0 Å². The van der Waals surface area contributed by atoms with Crippen molar-refractivity contribution in [1.29, 1.82) is 0 Å². The van der Waals surface area contributed by atoms with Gasteiger partial charge in [0.2, 0.25) is 5.91 Å². The number of aliphatic hydroxyl groups excluding tert-OH is 1. The van der Waals surface area contributed by atoms with E-state index in [0.717, 1.165) is 43.3 Å². The Kier molecular flexibility index (Phi) is 25.8. The molecule has 0 fully saturated rings. The van der Waals surface area contributed by atoms with E-state index in [2.05, 4.69) is 32.7 Å². The Labute approximate surface area is 262 Å². The number of aryl methyl sites for hydroxylation is 1. The molecule has 1 amide bonds. The molecule has 0 spiro atoms. The van der Waals surface area contributed by atoms with Crippen molar-refractivity contribution >= 4 is 12.2 Å². The number of carbonyl (C=O) groups excluding carboxylic acids is 2. The first-order valence-electron chi connectivity index (χ1n) is 15.7. The lowest BCUT2D eigenvalue weighted by molar-refractivity contribution is -0.122. The molecule has 43 heavy (non-hydrogen) atoms. The summed E-state index contributed by atoms with van der Waals surface area (Å²) in [7, 11) is 1.00. The van der Waals surface area contributed by atoms with E-state index in [0.29, 0.717) is 25.4 Å². The van der Waals surface area contributed by atoms with Gasteiger partial charge < -0.3 is 19.6 Å². The van der Waals surface area contributed by atoms with Crippen molar-refractivity contribution in [2.75, 3.05) is 20.2 Å². The fourth-order valence-corrected chi connectivity index (χ4v) is 3.69. The van der Waals surface area contributed by atoms with Crippen molar-refractivity contribution in [3.05, 3.63) is 77.8 Å². The molecule has 0 aliphatic heterocycles. The van der Waals surface area contributed by atoms with E-state index < -0.39 is 5.60 Å². The highest BCUT2D eigenvalue weighted by molar-refractivity contribution is 5.78. The van der Waals surface area contributed by atoms with Gasteiger partial charge in [0.15, 0.2) is 11.9 Å². The first-order chi connectivity index (χ1) is 20.6. The lowest BCUT2D eigenvalue weighted by Gasteiger charge is -2.22. The Bertz CT molecular complexity index is 1010. The van der Waals surface area contributed by atoms with Gasteiger partial charge in [-0.2, -0.15) is 0 Å². The number of rotatable bonds is 17. The summed E-state index contributed by atoms with van der Waals surface area (Å²) in [5, 5.41) is 9.91. The van der Waals surface area contributed by atoms with Gasteiger partial charge in [-0.1, -0.05) is 83.9 Å². The number of carbonyl (C=O) groups is 2. The van der Waals surface area contributed by atoms with Crippen LogP contribution in [-0.2, 0) is 22.7 Å². The zero-order valence-corrected chi connectivity index (χ0v) is 28.5. The Balaban J connectivity index is 0. The largest absolute Gasteiger partial charge is 0.480 e. The van der Waals surface area contributed by atoms with Crippen LogP contribution >= 0.6 is 0 Å². The van der Waals surface area contributed by atoms with E-state index in [9.17, 15) is 9.59 Å². The molecule has 2 aromatic rings. The number of furan rings is 1. The number of unbranched alkanes of at least 4 members (excludes halogenated alkanes) is 2. The second kappa shape index (κ2) is 26.5. The lowest BCUT2D eigenvalue weighted by Crippen LogP contribution is -2.36. The molecule has 0 saturated heterocycles. The van der Waals surface area contributed by atoms with Gasteiger partial charge >= 0.3 is 0 Å². The fraction of sp³-hybridized carbons (Fsp3) is 0.556. The Morgan fingerprint density at radius 2 is 1.67 bits per heavy atom. The molecule has 0 aliphatic carbocycles. The van der Waals surface area contributed by atoms with Crippen molar-refractivity contribution in [3.63, 3.8) is 0 Å². The molecule has 0 radical (unpaired) electrons. The third kappa shape index (κ3) is 22.1. The van der Waals surface area contributed by atoms with Crippen LogP contribution in [0.5, 0.6) is 5.75 Å². The maximum atomic E-state index is 12.4. The monoisotopic (exact) mass is 600 g/mol. The Morgan fingerprint density at radius 3 is 2.19 bits per heavy atom. The van der Waals surface area contributed by atoms with Crippen molar-refractivity contribution in [2.45, 2.75) is 113 Å². The molecule has 2 rings (SSSR count). The average Bonchev–Trinajstić information content (AvgIpc) is 3.42. The molecule has 2 N–H and O–H groups in total. The maximum Gasteiger partial charge on any atom is 0.234 e. The summed E-state index contributed by atoms with van der Waals surface area (Å²) in [4.78, 5) is 25.5.